The Balaban J connectivity index is 1.85. The van der Waals surface area contributed by atoms with Crippen molar-refractivity contribution in [2.75, 3.05) is 0 Å². The summed E-state index contributed by atoms with van der Waals surface area (Å²) in [6.45, 7) is 2.18. The molecule has 0 aliphatic rings. The van der Waals surface area contributed by atoms with E-state index in [-0.39, 0.29) is 11.3 Å². The molecule has 27 heavy (non-hydrogen) atoms. The molecule has 3 aromatic carbocycles. The second-order valence-electron chi connectivity index (χ2n) is 6.36. The van der Waals surface area contributed by atoms with Crippen molar-refractivity contribution in [3.05, 3.63) is 77.9 Å². The van der Waals surface area contributed by atoms with E-state index in [0.29, 0.717) is 5.56 Å². The van der Waals surface area contributed by atoms with Crippen LogP contribution in [0.15, 0.2) is 65.7 Å². The quantitative estimate of drug-likeness (QED) is 0.321. The van der Waals surface area contributed by atoms with Crippen LogP contribution in [0, 0.1) is 11.6 Å². The van der Waals surface area contributed by atoms with Crippen molar-refractivity contribution in [2.24, 2.45) is 4.99 Å². The summed E-state index contributed by atoms with van der Waals surface area (Å²) in [5, 5.41) is 2.05. The van der Waals surface area contributed by atoms with Gasteiger partial charge in [-0.25, -0.2) is 8.78 Å². The first-order valence-electron chi connectivity index (χ1n) is 8.89. The summed E-state index contributed by atoms with van der Waals surface area (Å²) in [7, 11) is 0. The zero-order chi connectivity index (χ0) is 19.2. The molecule has 136 valence electrons. The fourth-order valence-electron chi connectivity index (χ4n) is 2.98. The third-order valence-electron chi connectivity index (χ3n) is 4.50. The van der Waals surface area contributed by atoms with E-state index in [1.54, 1.807) is 12.1 Å². The summed E-state index contributed by atoms with van der Waals surface area (Å²) in [5.74, 6) is -1.18. The number of thiocarbonyl (C=S) groups is 1. The second-order valence-corrected chi connectivity index (χ2v) is 6.55. The Morgan fingerprint density at radius 1 is 0.852 bits per heavy atom. The lowest BCUT2D eigenvalue weighted by Gasteiger charge is -2.08. The lowest BCUT2D eigenvalue weighted by molar-refractivity contribution is 0.605. The van der Waals surface area contributed by atoms with E-state index in [0.717, 1.165) is 29.7 Å². The summed E-state index contributed by atoms with van der Waals surface area (Å²) >= 11 is 4.45. The Morgan fingerprint density at radius 3 is 2.04 bits per heavy atom. The van der Waals surface area contributed by atoms with Crippen molar-refractivity contribution in [2.45, 2.75) is 26.2 Å². The van der Waals surface area contributed by atoms with Gasteiger partial charge in [0.05, 0.1) is 5.16 Å². The summed E-state index contributed by atoms with van der Waals surface area (Å²) in [6, 6.07) is 18.1. The molecule has 0 spiro atoms. The Hall–Kier alpha value is -2.68. The summed E-state index contributed by atoms with van der Waals surface area (Å²) in [5.41, 5.74) is 4.10. The van der Waals surface area contributed by atoms with Crippen molar-refractivity contribution in [3.8, 4) is 22.3 Å². The Bertz CT molecular complexity index is 973. The van der Waals surface area contributed by atoms with E-state index in [2.05, 4.69) is 53.6 Å². The molecular weight excluding hydrogens is 360 g/mol. The smallest absolute Gasteiger partial charge is 0.150 e. The molecule has 0 N–H and O–H groups in total. The van der Waals surface area contributed by atoms with Crippen LogP contribution in [0.5, 0.6) is 0 Å². The van der Waals surface area contributed by atoms with E-state index < -0.39 is 11.6 Å². The van der Waals surface area contributed by atoms with Gasteiger partial charge in [0.2, 0.25) is 0 Å². The van der Waals surface area contributed by atoms with Crippen LogP contribution >= 0.6 is 12.2 Å². The van der Waals surface area contributed by atoms with E-state index in [1.165, 1.54) is 18.4 Å². The van der Waals surface area contributed by atoms with Crippen LogP contribution in [0.2, 0.25) is 0 Å². The van der Waals surface area contributed by atoms with E-state index in [1.807, 2.05) is 12.1 Å². The minimum atomic E-state index is -0.629. The molecule has 0 atom stereocenters. The number of hydrogen-bond donors (Lipinski definition) is 0. The maximum Gasteiger partial charge on any atom is 0.150 e. The Kier molecular flexibility index (Phi) is 6.23. The average molecular weight is 379 g/mol. The standard InChI is InChI=1S/C23H19F2NS/c1-2-3-4-16-5-7-17(8-6-16)18-9-11-19(12-10-18)20-13-22(25)23(26-15-27)14-21(20)24/h5-14H,2-4H2,1H3. The first-order chi connectivity index (χ1) is 13.1. The number of nitrogens with zero attached hydrogens (tertiary/aromatic N) is 1. The molecule has 0 saturated carbocycles. The molecule has 0 saturated heterocycles. The van der Waals surface area contributed by atoms with Gasteiger partial charge in [-0.15, -0.1) is 0 Å². The molecule has 3 rings (SSSR count). The van der Waals surface area contributed by atoms with Gasteiger partial charge in [0.15, 0.2) is 0 Å². The summed E-state index contributed by atoms with van der Waals surface area (Å²) < 4.78 is 28.3. The number of halogens is 2. The number of aryl methyl sites for hydroxylation is 1. The van der Waals surface area contributed by atoms with Gasteiger partial charge >= 0.3 is 0 Å². The molecule has 0 amide bonds. The van der Waals surface area contributed by atoms with Gasteiger partial charge in [-0.3, -0.25) is 0 Å². The number of hydrogen-bond acceptors (Lipinski definition) is 2. The molecule has 0 heterocycles. The number of isothiocyanates is 1. The molecule has 0 aliphatic carbocycles. The molecule has 0 unspecified atom stereocenters. The fraction of sp³-hybridized carbons (Fsp3) is 0.174. The number of benzene rings is 3. The average Bonchev–Trinajstić information content (AvgIpc) is 2.70. The van der Waals surface area contributed by atoms with Crippen LogP contribution in [-0.2, 0) is 6.42 Å². The van der Waals surface area contributed by atoms with Crippen molar-refractivity contribution < 1.29 is 8.78 Å². The van der Waals surface area contributed by atoms with Gasteiger partial charge in [-0.2, -0.15) is 4.99 Å². The minimum absolute atomic E-state index is 0.147. The molecule has 4 heteroatoms. The van der Waals surface area contributed by atoms with E-state index >= 15 is 0 Å². The van der Waals surface area contributed by atoms with Crippen molar-refractivity contribution >= 4 is 23.1 Å². The van der Waals surface area contributed by atoms with Crippen LogP contribution in [0.25, 0.3) is 22.3 Å². The van der Waals surface area contributed by atoms with E-state index in [4.69, 9.17) is 0 Å². The lowest BCUT2D eigenvalue weighted by atomic mass is 9.98. The van der Waals surface area contributed by atoms with Crippen molar-refractivity contribution in [3.63, 3.8) is 0 Å². The van der Waals surface area contributed by atoms with Crippen LogP contribution in [0.4, 0.5) is 14.5 Å². The van der Waals surface area contributed by atoms with Gasteiger partial charge in [0.25, 0.3) is 0 Å². The maximum absolute atomic E-state index is 14.3. The summed E-state index contributed by atoms with van der Waals surface area (Å²) in [4.78, 5) is 3.53. The molecular formula is C23H19F2NS. The predicted molar refractivity (Wildman–Crippen MR) is 111 cm³/mol. The normalized spacial score (nSPS) is 10.5. The molecule has 0 aliphatic heterocycles. The van der Waals surface area contributed by atoms with Gasteiger partial charge in [0, 0.05) is 11.6 Å². The number of rotatable bonds is 6. The van der Waals surface area contributed by atoms with Crippen molar-refractivity contribution in [1.29, 1.82) is 0 Å². The van der Waals surface area contributed by atoms with Gasteiger partial charge in [0.1, 0.15) is 17.3 Å². The molecule has 0 bridgehead atoms. The molecule has 0 radical (unpaired) electrons. The third kappa shape index (κ3) is 4.54. The number of unbranched alkanes of at least 4 members (excludes halogenated alkanes) is 1. The highest BCUT2D eigenvalue weighted by atomic mass is 32.1. The summed E-state index contributed by atoms with van der Waals surface area (Å²) in [6.07, 6.45) is 3.45. The molecule has 0 fully saturated rings. The molecule has 0 aromatic heterocycles. The van der Waals surface area contributed by atoms with E-state index in [9.17, 15) is 8.78 Å². The first-order valence-corrected chi connectivity index (χ1v) is 9.30. The van der Waals surface area contributed by atoms with Gasteiger partial charge < -0.3 is 0 Å². The second kappa shape index (κ2) is 8.81. The largest absolute Gasteiger partial charge is 0.206 e. The topological polar surface area (TPSA) is 12.4 Å². The van der Waals surface area contributed by atoms with Crippen LogP contribution in [0.1, 0.15) is 25.3 Å². The number of aliphatic imine (C=N–C) groups is 1. The SMILES string of the molecule is CCCCc1ccc(-c2ccc(-c3cc(F)c(N=C=S)cc3F)cc2)cc1. The molecule has 3 aromatic rings. The zero-order valence-corrected chi connectivity index (χ0v) is 15.8. The Morgan fingerprint density at radius 2 is 1.44 bits per heavy atom. The van der Waals surface area contributed by atoms with Crippen LogP contribution < -0.4 is 0 Å². The van der Waals surface area contributed by atoms with Crippen LogP contribution in [0.3, 0.4) is 0 Å². The van der Waals surface area contributed by atoms with Crippen LogP contribution in [-0.4, -0.2) is 5.16 Å². The monoisotopic (exact) mass is 379 g/mol. The highest BCUT2D eigenvalue weighted by Crippen LogP contribution is 2.31. The highest BCUT2D eigenvalue weighted by molar-refractivity contribution is 7.78. The Labute approximate surface area is 163 Å². The van der Waals surface area contributed by atoms with Gasteiger partial charge in [-0.1, -0.05) is 61.9 Å². The predicted octanol–water partition coefficient (Wildman–Crippen LogP) is 7.38. The zero-order valence-electron chi connectivity index (χ0n) is 15.0. The fourth-order valence-corrected chi connectivity index (χ4v) is 3.08. The van der Waals surface area contributed by atoms with Crippen molar-refractivity contribution in [1.82, 2.24) is 0 Å². The maximum atomic E-state index is 14.3. The minimum Gasteiger partial charge on any atom is -0.206 e. The first kappa shape index (κ1) is 19.1. The van der Waals surface area contributed by atoms with Gasteiger partial charge in [-0.05, 0) is 53.4 Å². The molecule has 1 nitrogen and oxygen atoms in total. The highest BCUT2D eigenvalue weighted by Gasteiger charge is 2.11. The third-order valence-corrected chi connectivity index (χ3v) is 4.60. The lowest BCUT2D eigenvalue weighted by Crippen LogP contribution is -1.88.